The lowest BCUT2D eigenvalue weighted by molar-refractivity contribution is -0.115. The van der Waals surface area contributed by atoms with Crippen molar-refractivity contribution in [2.24, 2.45) is 0 Å². The molecule has 4 nitrogen and oxygen atoms in total. The fourth-order valence-electron chi connectivity index (χ4n) is 3.22. The molecule has 28 heavy (non-hydrogen) atoms. The molecule has 0 spiro atoms. The predicted octanol–water partition coefficient (Wildman–Crippen LogP) is 5.95. The topological polar surface area (TPSA) is 55.1 Å². The van der Waals surface area contributed by atoms with Crippen molar-refractivity contribution in [1.82, 2.24) is 4.98 Å². The number of aromatic nitrogens is 1. The van der Waals surface area contributed by atoms with E-state index in [1.165, 1.54) is 0 Å². The monoisotopic (exact) mass is 390 g/mol. The third-order valence-electron chi connectivity index (χ3n) is 4.49. The van der Waals surface area contributed by atoms with Crippen LogP contribution in [0.3, 0.4) is 0 Å². The van der Waals surface area contributed by atoms with Crippen molar-refractivity contribution in [1.29, 1.82) is 0 Å². The highest BCUT2D eigenvalue weighted by Gasteiger charge is 2.12. The minimum atomic E-state index is -0.0940. The second kappa shape index (κ2) is 7.49. The molecule has 140 valence electrons. The van der Waals surface area contributed by atoms with Gasteiger partial charge in [0.25, 0.3) is 0 Å². The predicted molar refractivity (Wildman–Crippen MR) is 113 cm³/mol. The van der Waals surface area contributed by atoms with E-state index in [-0.39, 0.29) is 12.3 Å². The maximum absolute atomic E-state index is 12.4. The van der Waals surface area contributed by atoms with E-state index in [1.807, 2.05) is 56.3 Å². The number of carbonyl (C=O) groups excluding carboxylic acids is 1. The molecular formula is C23H19ClN2O2. The Morgan fingerprint density at radius 1 is 1.07 bits per heavy atom. The molecular weight excluding hydrogens is 372 g/mol. The maximum Gasteiger partial charge on any atom is 0.228 e. The zero-order valence-corrected chi connectivity index (χ0v) is 16.4. The average Bonchev–Trinajstić information content (AvgIpc) is 3.08. The number of anilines is 1. The SMILES string of the molecule is Cc1cc(C)c2oc(-c3cccc(NC(=O)Cc4ccc(Cl)cc4)c3)nc2c1. The summed E-state index contributed by atoms with van der Waals surface area (Å²) in [5, 5.41) is 3.58. The number of hydrogen-bond donors (Lipinski definition) is 1. The zero-order valence-electron chi connectivity index (χ0n) is 15.6. The van der Waals surface area contributed by atoms with E-state index in [0.717, 1.165) is 33.4 Å². The van der Waals surface area contributed by atoms with Crippen LogP contribution in [0.2, 0.25) is 5.02 Å². The van der Waals surface area contributed by atoms with Crippen molar-refractivity contribution in [3.63, 3.8) is 0 Å². The molecule has 4 rings (SSSR count). The van der Waals surface area contributed by atoms with Crippen LogP contribution in [0, 0.1) is 13.8 Å². The van der Waals surface area contributed by atoms with E-state index >= 15 is 0 Å². The fraction of sp³-hybridized carbons (Fsp3) is 0.130. The Morgan fingerprint density at radius 2 is 1.86 bits per heavy atom. The zero-order chi connectivity index (χ0) is 19.7. The van der Waals surface area contributed by atoms with E-state index in [4.69, 9.17) is 16.0 Å². The van der Waals surface area contributed by atoms with Crippen molar-refractivity contribution in [3.8, 4) is 11.5 Å². The Balaban J connectivity index is 1.55. The summed E-state index contributed by atoms with van der Waals surface area (Å²) in [4.78, 5) is 17.0. The molecule has 0 aliphatic rings. The van der Waals surface area contributed by atoms with Gasteiger partial charge in [-0.2, -0.15) is 0 Å². The van der Waals surface area contributed by atoms with E-state index in [9.17, 15) is 4.79 Å². The van der Waals surface area contributed by atoms with Gasteiger partial charge in [-0.05, 0) is 66.9 Å². The Hall–Kier alpha value is -3.11. The molecule has 1 aromatic heterocycles. The minimum absolute atomic E-state index is 0.0940. The first-order valence-corrected chi connectivity index (χ1v) is 9.38. The molecule has 4 aromatic rings. The van der Waals surface area contributed by atoms with Crippen LogP contribution >= 0.6 is 11.6 Å². The van der Waals surface area contributed by atoms with Gasteiger partial charge < -0.3 is 9.73 Å². The molecule has 1 heterocycles. The number of amides is 1. The van der Waals surface area contributed by atoms with Crippen LogP contribution in [0.1, 0.15) is 16.7 Å². The highest BCUT2D eigenvalue weighted by atomic mass is 35.5. The van der Waals surface area contributed by atoms with Crippen LogP contribution in [0.5, 0.6) is 0 Å². The van der Waals surface area contributed by atoms with E-state index < -0.39 is 0 Å². The van der Waals surface area contributed by atoms with Crippen LogP contribution in [-0.4, -0.2) is 10.9 Å². The van der Waals surface area contributed by atoms with E-state index in [1.54, 1.807) is 12.1 Å². The van der Waals surface area contributed by atoms with Gasteiger partial charge in [0.2, 0.25) is 11.8 Å². The highest BCUT2D eigenvalue weighted by Crippen LogP contribution is 2.28. The molecule has 0 aliphatic heterocycles. The second-order valence-corrected chi connectivity index (χ2v) is 7.32. The summed E-state index contributed by atoms with van der Waals surface area (Å²) >= 11 is 5.89. The highest BCUT2D eigenvalue weighted by molar-refractivity contribution is 6.30. The molecule has 0 fully saturated rings. The van der Waals surface area contributed by atoms with Crippen molar-refractivity contribution >= 4 is 34.3 Å². The summed E-state index contributed by atoms with van der Waals surface area (Å²) in [5.41, 5.74) is 6.25. The number of benzene rings is 3. The number of aryl methyl sites for hydroxylation is 2. The summed E-state index contributed by atoms with van der Waals surface area (Å²) in [7, 11) is 0. The smallest absolute Gasteiger partial charge is 0.228 e. The lowest BCUT2D eigenvalue weighted by Crippen LogP contribution is -2.14. The number of hydrogen-bond acceptors (Lipinski definition) is 3. The summed E-state index contributed by atoms with van der Waals surface area (Å²) < 4.78 is 5.97. The van der Waals surface area contributed by atoms with E-state index in [0.29, 0.717) is 16.6 Å². The molecule has 1 amide bonds. The maximum atomic E-state index is 12.4. The van der Waals surface area contributed by atoms with Crippen LogP contribution in [0.25, 0.3) is 22.6 Å². The van der Waals surface area contributed by atoms with Crippen LogP contribution in [0.15, 0.2) is 65.1 Å². The Morgan fingerprint density at radius 3 is 2.64 bits per heavy atom. The average molecular weight is 391 g/mol. The first-order valence-electron chi connectivity index (χ1n) is 9.00. The lowest BCUT2D eigenvalue weighted by Gasteiger charge is -2.06. The van der Waals surface area contributed by atoms with Gasteiger partial charge in [-0.3, -0.25) is 4.79 Å². The second-order valence-electron chi connectivity index (χ2n) is 6.88. The standard InChI is InChI=1S/C23H19ClN2O2/c1-14-10-15(2)22-20(11-14)26-23(28-22)17-4-3-5-19(13-17)25-21(27)12-16-6-8-18(24)9-7-16/h3-11,13H,12H2,1-2H3,(H,25,27). The van der Waals surface area contributed by atoms with Crippen LogP contribution < -0.4 is 5.32 Å². The number of carbonyl (C=O) groups is 1. The lowest BCUT2D eigenvalue weighted by atomic mass is 10.1. The summed E-state index contributed by atoms with van der Waals surface area (Å²) in [5.74, 6) is 0.445. The van der Waals surface area contributed by atoms with Gasteiger partial charge in [0.15, 0.2) is 5.58 Å². The van der Waals surface area contributed by atoms with Crippen LogP contribution in [0.4, 0.5) is 5.69 Å². The van der Waals surface area contributed by atoms with Crippen molar-refractivity contribution < 1.29 is 9.21 Å². The van der Waals surface area contributed by atoms with Gasteiger partial charge in [-0.1, -0.05) is 35.9 Å². The molecule has 0 unspecified atom stereocenters. The molecule has 0 saturated heterocycles. The third-order valence-corrected chi connectivity index (χ3v) is 4.74. The first-order chi connectivity index (χ1) is 13.5. The number of nitrogens with one attached hydrogen (secondary N) is 1. The molecule has 0 bridgehead atoms. The van der Waals surface area contributed by atoms with Gasteiger partial charge >= 0.3 is 0 Å². The quantitative estimate of drug-likeness (QED) is 0.468. The van der Waals surface area contributed by atoms with E-state index in [2.05, 4.69) is 16.4 Å². The molecule has 0 atom stereocenters. The van der Waals surface area contributed by atoms with Gasteiger partial charge in [-0.15, -0.1) is 0 Å². The Labute approximate surface area is 168 Å². The van der Waals surface area contributed by atoms with Crippen LogP contribution in [-0.2, 0) is 11.2 Å². The number of nitrogens with zero attached hydrogens (tertiary/aromatic N) is 1. The largest absolute Gasteiger partial charge is 0.436 e. The Bertz CT molecular complexity index is 1160. The fourth-order valence-corrected chi connectivity index (χ4v) is 3.35. The molecule has 0 saturated carbocycles. The van der Waals surface area contributed by atoms with Gasteiger partial charge in [-0.25, -0.2) is 4.98 Å². The third kappa shape index (κ3) is 3.92. The Kier molecular flexibility index (Phi) is 4.88. The summed E-state index contributed by atoms with van der Waals surface area (Å²) in [6.45, 7) is 4.05. The molecule has 0 aliphatic carbocycles. The minimum Gasteiger partial charge on any atom is -0.436 e. The normalized spacial score (nSPS) is 11.0. The number of halogens is 1. The van der Waals surface area contributed by atoms with Crippen molar-refractivity contribution in [2.75, 3.05) is 5.32 Å². The van der Waals surface area contributed by atoms with Crippen molar-refractivity contribution in [3.05, 3.63) is 82.4 Å². The van der Waals surface area contributed by atoms with Gasteiger partial charge in [0, 0.05) is 16.3 Å². The molecule has 0 radical (unpaired) electrons. The number of rotatable bonds is 4. The van der Waals surface area contributed by atoms with Gasteiger partial charge in [0.1, 0.15) is 5.52 Å². The summed E-state index contributed by atoms with van der Waals surface area (Å²) in [6.07, 6.45) is 0.281. The number of fused-ring (bicyclic) bond motifs is 1. The first kappa shape index (κ1) is 18.3. The van der Waals surface area contributed by atoms with Crippen molar-refractivity contribution in [2.45, 2.75) is 20.3 Å². The van der Waals surface area contributed by atoms with Gasteiger partial charge in [0.05, 0.1) is 6.42 Å². The summed E-state index contributed by atoms with van der Waals surface area (Å²) in [6, 6.07) is 18.8. The molecule has 1 N–H and O–H groups in total. The number of oxazole rings is 1. The molecule has 5 heteroatoms. The molecule has 3 aromatic carbocycles.